The summed E-state index contributed by atoms with van der Waals surface area (Å²) < 4.78 is 23.5. The van der Waals surface area contributed by atoms with E-state index in [4.69, 9.17) is 9.47 Å². The van der Waals surface area contributed by atoms with Crippen LogP contribution in [0.4, 0.5) is 10.1 Å². The number of carbonyl (C=O) groups excluding carboxylic acids is 3. The zero-order chi connectivity index (χ0) is 21.7. The lowest BCUT2D eigenvalue weighted by molar-refractivity contribution is -0.134. The van der Waals surface area contributed by atoms with Gasteiger partial charge in [0.25, 0.3) is 5.91 Å². The topological polar surface area (TPSA) is 97.0 Å². The Hall–Kier alpha value is -3.62. The van der Waals surface area contributed by atoms with Crippen LogP contribution in [0.5, 0.6) is 11.5 Å². The van der Waals surface area contributed by atoms with Crippen LogP contribution in [0.25, 0.3) is 0 Å². The number of anilines is 1. The molecule has 3 amide bonds. The third-order valence-electron chi connectivity index (χ3n) is 4.67. The van der Waals surface area contributed by atoms with E-state index in [1.807, 2.05) is 0 Å². The van der Waals surface area contributed by atoms with E-state index < -0.39 is 29.7 Å². The van der Waals surface area contributed by atoms with Crippen molar-refractivity contribution in [2.45, 2.75) is 19.4 Å². The number of rotatable bonds is 6. The average molecular weight is 415 g/mol. The van der Waals surface area contributed by atoms with Crippen molar-refractivity contribution in [3.8, 4) is 11.5 Å². The number of halogens is 1. The Balaban J connectivity index is 1.51. The molecular formula is C21H22FN3O5. The molecule has 9 heteroatoms. The van der Waals surface area contributed by atoms with Gasteiger partial charge in [-0.25, -0.2) is 4.39 Å². The maximum Gasteiger partial charge on any atom is 0.279 e. The quantitative estimate of drug-likeness (QED) is 0.702. The standard InChI is InChI=1S/C21H22FN3O5/c1-13(30-17-8-6-15(22)7-9-17)20(27)23-24-21(28)14-10-19(26)25(12-14)16-4-3-5-18(11-16)29-2/h3-9,11,13-14H,10,12H2,1-2H3,(H,23,27)(H,24,28). The smallest absolute Gasteiger partial charge is 0.279 e. The number of nitrogens with zero attached hydrogens (tertiary/aromatic N) is 1. The van der Waals surface area contributed by atoms with Crippen LogP contribution >= 0.6 is 0 Å². The number of nitrogens with one attached hydrogen (secondary N) is 2. The van der Waals surface area contributed by atoms with Crippen LogP contribution < -0.4 is 25.2 Å². The van der Waals surface area contributed by atoms with Gasteiger partial charge < -0.3 is 14.4 Å². The Morgan fingerprint density at radius 1 is 1.13 bits per heavy atom. The van der Waals surface area contributed by atoms with Gasteiger partial charge in [-0.05, 0) is 43.3 Å². The average Bonchev–Trinajstić information content (AvgIpc) is 3.15. The van der Waals surface area contributed by atoms with Gasteiger partial charge in [0.2, 0.25) is 11.8 Å². The Kier molecular flexibility index (Phi) is 6.51. The number of methoxy groups -OCH3 is 1. The molecule has 158 valence electrons. The molecule has 2 atom stereocenters. The van der Waals surface area contributed by atoms with Crippen LogP contribution in [0.3, 0.4) is 0 Å². The van der Waals surface area contributed by atoms with Gasteiger partial charge in [-0.3, -0.25) is 25.2 Å². The van der Waals surface area contributed by atoms with E-state index in [-0.39, 0.29) is 18.9 Å². The normalized spacial score (nSPS) is 16.7. The first kappa shape index (κ1) is 21.1. The molecule has 1 heterocycles. The zero-order valence-electron chi connectivity index (χ0n) is 16.6. The van der Waals surface area contributed by atoms with Crippen molar-refractivity contribution in [3.63, 3.8) is 0 Å². The van der Waals surface area contributed by atoms with E-state index in [0.717, 1.165) is 0 Å². The summed E-state index contributed by atoms with van der Waals surface area (Å²) in [5.41, 5.74) is 5.26. The molecule has 0 aromatic heterocycles. The fraction of sp³-hybridized carbons (Fsp3) is 0.286. The van der Waals surface area contributed by atoms with Crippen molar-refractivity contribution in [2.75, 3.05) is 18.6 Å². The molecule has 1 aliphatic rings. The van der Waals surface area contributed by atoms with Gasteiger partial charge in [-0.2, -0.15) is 0 Å². The minimum Gasteiger partial charge on any atom is -0.497 e. The Morgan fingerprint density at radius 2 is 1.87 bits per heavy atom. The van der Waals surface area contributed by atoms with Gasteiger partial charge >= 0.3 is 0 Å². The predicted molar refractivity (Wildman–Crippen MR) is 106 cm³/mol. The van der Waals surface area contributed by atoms with E-state index in [1.165, 1.54) is 43.2 Å². The number of amides is 3. The van der Waals surface area contributed by atoms with Crippen molar-refractivity contribution in [3.05, 3.63) is 54.3 Å². The first-order valence-corrected chi connectivity index (χ1v) is 9.33. The minimum atomic E-state index is -0.922. The summed E-state index contributed by atoms with van der Waals surface area (Å²) in [4.78, 5) is 38.4. The van der Waals surface area contributed by atoms with Gasteiger partial charge in [-0.15, -0.1) is 0 Å². The molecule has 0 aliphatic carbocycles. The summed E-state index contributed by atoms with van der Waals surface area (Å²) in [5.74, 6) is -1.35. The number of ether oxygens (including phenoxy) is 2. The highest BCUT2D eigenvalue weighted by Crippen LogP contribution is 2.27. The molecule has 1 saturated heterocycles. The number of benzene rings is 2. The highest BCUT2D eigenvalue weighted by molar-refractivity contribution is 6.00. The molecule has 0 saturated carbocycles. The highest BCUT2D eigenvalue weighted by Gasteiger charge is 2.35. The highest BCUT2D eigenvalue weighted by atomic mass is 19.1. The van der Waals surface area contributed by atoms with Crippen LogP contribution in [-0.4, -0.2) is 37.5 Å². The number of hydrogen-bond donors (Lipinski definition) is 2. The van der Waals surface area contributed by atoms with Crippen LogP contribution in [0, 0.1) is 11.7 Å². The van der Waals surface area contributed by atoms with E-state index in [9.17, 15) is 18.8 Å². The molecule has 0 bridgehead atoms. The molecule has 2 aromatic rings. The maximum atomic E-state index is 12.9. The molecule has 1 aliphatic heterocycles. The summed E-state index contributed by atoms with van der Waals surface area (Å²) in [7, 11) is 1.53. The molecular weight excluding hydrogens is 393 g/mol. The van der Waals surface area contributed by atoms with Crippen molar-refractivity contribution in [1.29, 1.82) is 0 Å². The monoisotopic (exact) mass is 415 g/mol. The van der Waals surface area contributed by atoms with Gasteiger partial charge in [0.15, 0.2) is 6.10 Å². The largest absolute Gasteiger partial charge is 0.497 e. The fourth-order valence-electron chi connectivity index (χ4n) is 3.01. The summed E-state index contributed by atoms with van der Waals surface area (Å²) in [6, 6.07) is 12.2. The third-order valence-corrected chi connectivity index (χ3v) is 4.67. The van der Waals surface area contributed by atoms with Crippen LogP contribution in [0.2, 0.25) is 0 Å². The van der Waals surface area contributed by atoms with Gasteiger partial charge in [0, 0.05) is 24.7 Å². The summed E-state index contributed by atoms with van der Waals surface area (Å²) in [6.07, 6.45) is -0.894. The van der Waals surface area contributed by atoms with Gasteiger partial charge in [0.1, 0.15) is 17.3 Å². The van der Waals surface area contributed by atoms with E-state index in [0.29, 0.717) is 17.2 Å². The molecule has 2 aromatic carbocycles. The van der Waals surface area contributed by atoms with Crippen LogP contribution in [-0.2, 0) is 14.4 Å². The molecule has 30 heavy (non-hydrogen) atoms. The molecule has 0 spiro atoms. The summed E-state index contributed by atoms with van der Waals surface area (Å²) in [6.45, 7) is 1.68. The van der Waals surface area contributed by atoms with Crippen molar-refractivity contribution < 1.29 is 28.2 Å². The first-order chi connectivity index (χ1) is 14.4. The van der Waals surface area contributed by atoms with Gasteiger partial charge in [-0.1, -0.05) is 6.07 Å². The second kappa shape index (κ2) is 9.25. The third kappa shape index (κ3) is 5.05. The molecule has 1 fully saturated rings. The molecule has 2 N–H and O–H groups in total. The van der Waals surface area contributed by atoms with E-state index in [2.05, 4.69) is 10.9 Å². The second-order valence-electron chi connectivity index (χ2n) is 6.80. The lowest BCUT2D eigenvalue weighted by atomic mass is 10.1. The number of hydrogen-bond acceptors (Lipinski definition) is 5. The maximum absolute atomic E-state index is 12.9. The second-order valence-corrected chi connectivity index (χ2v) is 6.80. The van der Waals surface area contributed by atoms with Crippen LogP contribution in [0.15, 0.2) is 48.5 Å². The zero-order valence-corrected chi connectivity index (χ0v) is 16.6. The Labute approximate surface area is 172 Å². The molecule has 2 unspecified atom stereocenters. The minimum absolute atomic E-state index is 0.0283. The van der Waals surface area contributed by atoms with E-state index >= 15 is 0 Å². The van der Waals surface area contributed by atoms with Crippen molar-refractivity contribution >= 4 is 23.4 Å². The predicted octanol–water partition coefficient (Wildman–Crippen LogP) is 1.80. The summed E-state index contributed by atoms with van der Waals surface area (Å²) >= 11 is 0. The van der Waals surface area contributed by atoms with Crippen molar-refractivity contribution in [1.82, 2.24) is 10.9 Å². The van der Waals surface area contributed by atoms with E-state index in [1.54, 1.807) is 24.3 Å². The first-order valence-electron chi connectivity index (χ1n) is 9.33. The molecule has 0 radical (unpaired) electrons. The number of carbonyl (C=O) groups is 3. The number of hydrazine groups is 1. The van der Waals surface area contributed by atoms with Gasteiger partial charge in [0.05, 0.1) is 13.0 Å². The molecule has 8 nitrogen and oxygen atoms in total. The van der Waals surface area contributed by atoms with Crippen LogP contribution in [0.1, 0.15) is 13.3 Å². The lowest BCUT2D eigenvalue weighted by Gasteiger charge is -2.18. The lowest BCUT2D eigenvalue weighted by Crippen LogP contribution is -2.49. The Morgan fingerprint density at radius 3 is 2.57 bits per heavy atom. The molecule has 3 rings (SSSR count). The Bertz CT molecular complexity index is 934. The SMILES string of the molecule is COc1cccc(N2CC(C(=O)NNC(=O)C(C)Oc3ccc(F)cc3)CC2=O)c1. The van der Waals surface area contributed by atoms with Crippen molar-refractivity contribution in [2.24, 2.45) is 5.92 Å². The summed E-state index contributed by atoms with van der Waals surface area (Å²) in [5, 5.41) is 0. The fourth-order valence-corrected chi connectivity index (χ4v) is 3.01.